The highest BCUT2D eigenvalue weighted by atomic mass is 32.1. The summed E-state index contributed by atoms with van der Waals surface area (Å²) in [6.07, 6.45) is 0.563. The number of hydrogen-bond donors (Lipinski definition) is 0. The molecule has 0 bridgehead atoms. The molecule has 15 heavy (non-hydrogen) atoms. The quantitative estimate of drug-likeness (QED) is 0.708. The van der Waals surface area contributed by atoms with Crippen molar-refractivity contribution in [1.29, 1.82) is 0 Å². The highest BCUT2D eigenvalue weighted by Gasteiger charge is 2.04. The van der Waals surface area contributed by atoms with Gasteiger partial charge in [-0.2, -0.15) is 0 Å². The topological polar surface area (TPSA) is 17.1 Å². The minimum atomic E-state index is 0.202. The van der Waals surface area contributed by atoms with E-state index in [-0.39, 0.29) is 5.78 Å². The summed E-state index contributed by atoms with van der Waals surface area (Å²) in [5.41, 5.74) is 1.94. The molecule has 0 spiro atoms. The van der Waals surface area contributed by atoms with E-state index in [0.29, 0.717) is 6.42 Å². The third-order valence-electron chi connectivity index (χ3n) is 2.31. The van der Waals surface area contributed by atoms with Gasteiger partial charge in [-0.3, -0.25) is 4.79 Å². The van der Waals surface area contributed by atoms with Gasteiger partial charge in [0.2, 0.25) is 0 Å². The maximum Gasteiger partial charge on any atom is 0.162 e. The highest BCUT2D eigenvalue weighted by molar-refractivity contribution is 7.13. The van der Waals surface area contributed by atoms with Crippen molar-refractivity contribution in [2.24, 2.45) is 0 Å². The lowest BCUT2D eigenvalue weighted by Gasteiger charge is -2.01. The van der Waals surface area contributed by atoms with Crippen LogP contribution < -0.4 is 0 Å². The van der Waals surface area contributed by atoms with Crippen molar-refractivity contribution in [1.82, 2.24) is 0 Å². The average Bonchev–Trinajstić information content (AvgIpc) is 2.82. The van der Waals surface area contributed by atoms with Gasteiger partial charge < -0.3 is 0 Å². The van der Waals surface area contributed by atoms with E-state index in [4.69, 9.17) is 0 Å². The van der Waals surface area contributed by atoms with E-state index < -0.39 is 0 Å². The maximum absolute atomic E-state index is 11.5. The molecular weight excluding hydrogens is 204 g/mol. The smallest absolute Gasteiger partial charge is 0.162 e. The van der Waals surface area contributed by atoms with Crippen LogP contribution in [0.1, 0.15) is 23.7 Å². The maximum atomic E-state index is 11.5. The van der Waals surface area contributed by atoms with Crippen LogP contribution in [0.2, 0.25) is 0 Å². The SMILES string of the molecule is CCC(=O)c1cccc(-c2cccs2)c1. The highest BCUT2D eigenvalue weighted by Crippen LogP contribution is 2.25. The van der Waals surface area contributed by atoms with E-state index in [0.717, 1.165) is 11.1 Å². The Morgan fingerprint density at radius 3 is 2.80 bits per heavy atom. The first-order valence-electron chi connectivity index (χ1n) is 4.98. The van der Waals surface area contributed by atoms with E-state index in [1.165, 1.54) is 4.88 Å². The first-order valence-corrected chi connectivity index (χ1v) is 5.86. The Morgan fingerprint density at radius 1 is 1.27 bits per heavy atom. The molecule has 2 rings (SSSR count). The minimum absolute atomic E-state index is 0.202. The van der Waals surface area contributed by atoms with E-state index in [9.17, 15) is 4.79 Å². The van der Waals surface area contributed by atoms with E-state index in [1.807, 2.05) is 42.6 Å². The molecule has 0 radical (unpaired) electrons. The lowest BCUT2D eigenvalue weighted by molar-refractivity contribution is 0.0988. The van der Waals surface area contributed by atoms with Gasteiger partial charge in [-0.15, -0.1) is 11.3 Å². The molecule has 1 heterocycles. The van der Waals surface area contributed by atoms with Crippen LogP contribution in [-0.4, -0.2) is 5.78 Å². The molecular formula is C13H12OS. The van der Waals surface area contributed by atoms with Gasteiger partial charge in [0.25, 0.3) is 0 Å². The summed E-state index contributed by atoms with van der Waals surface area (Å²) in [4.78, 5) is 12.7. The van der Waals surface area contributed by atoms with E-state index in [2.05, 4.69) is 6.07 Å². The van der Waals surface area contributed by atoms with Crippen molar-refractivity contribution < 1.29 is 4.79 Å². The van der Waals surface area contributed by atoms with Crippen molar-refractivity contribution in [2.75, 3.05) is 0 Å². The monoisotopic (exact) mass is 216 g/mol. The van der Waals surface area contributed by atoms with E-state index in [1.54, 1.807) is 11.3 Å². The molecule has 0 aliphatic heterocycles. The largest absolute Gasteiger partial charge is 0.294 e. The molecule has 1 aromatic heterocycles. The van der Waals surface area contributed by atoms with Crippen LogP contribution in [-0.2, 0) is 0 Å². The summed E-state index contributed by atoms with van der Waals surface area (Å²) < 4.78 is 0. The molecule has 0 saturated carbocycles. The fourth-order valence-corrected chi connectivity index (χ4v) is 2.22. The Morgan fingerprint density at radius 2 is 2.13 bits per heavy atom. The summed E-state index contributed by atoms with van der Waals surface area (Å²) >= 11 is 1.69. The van der Waals surface area contributed by atoms with Crippen LogP contribution in [0, 0.1) is 0 Å². The summed E-state index contributed by atoms with van der Waals surface area (Å²) in [6.45, 7) is 1.89. The molecule has 0 amide bonds. The van der Waals surface area contributed by atoms with Gasteiger partial charge in [0.05, 0.1) is 0 Å². The zero-order chi connectivity index (χ0) is 10.7. The zero-order valence-corrected chi connectivity index (χ0v) is 9.38. The van der Waals surface area contributed by atoms with Gasteiger partial charge in [-0.25, -0.2) is 0 Å². The first-order chi connectivity index (χ1) is 7.31. The Kier molecular flexibility index (Phi) is 2.97. The van der Waals surface area contributed by atoms with Gasteiger partial charge >= 0.3 is 0 Å². The second-order valence-electron chi connectivity index (χ2n) is 3.33. The van der Waals surface area contributed by atoms with Crippen molar-refractivity contribution >= 4 is 17.1 Å². The third kappa shape index (κ3) is 2.16. The van der Waals surface area contributed by atoms with Crippen LogP contribution >= 0.6 is 11.3 Å². The van der Waals surface area contributed by atoms with Crippen LogP contribution in [0.15, 0.2) is 41.8 Å². The second kappa shape index (κ2) is 4.41. The molecule has 0 unspecified atom stereocenters. The fraction of sp³-hybridized carbons (Fsp3) is 0.154. The molecule has 0 atom stereocenters. The molecule has 0 saturated heterocycles. The number of rotatable bonds is 3. The van der Waals surface area contributed by atoms with Crippen LogP contribution in [0.3, 0.4) is 0 Å². The number of thiophene rings is 1. The Bertz CT molecular complexity index is 457. The summed E-state index contributed by atoms with van der Waals surface area (Å²) in [5.74, 6) is 0.202. The van der Waals surface area contributed by atoms with Crippen LogP contribution in [0.5, 0.6) is 0 Å². The summed E-state index contributed by atoms with van der Waals surface area (Å²) in [6, 6.07) is 11.9. The molecule has 2 aromatic rings. The van der Waals surface area contributed by atoms with Gasteiger partial charge in [0.15, 0.2) is 5.78 Å². The van der Waals surface area contributed by atoms with Gasteiger partial charge in [0, 0.05) is 16.9 Å². The molecule has 0 fully saturated rings. The summed E-state index contributed by atoms with van der Waals surface area (Å²) in [5, 5.41) is 2.05. The van der Waals surface area contributed by atoms with Crippen molar-refractivity contribution in [2.45, 2.75) is 13.3 Å². The van der Waals surface area contributed by atoms with Gasteiger partial charge in [-0.05, 0) is 23.1 Å². The lowest BCUT2D eigenvalue weighted by atomic mass is 10.1. The first kappa shape index (κ1) is 10.1. The molecule has 76 valence electrons. The predicted octanol–water partition coefficient (Wildman–Crippen LogP) is 4.01. The number of carbonyl (C=O) groups excluding carboxylic acids is 1. The molecule has 0 aliphatic carbocycles. The second-order valence-corrected chi connectivity index (χ2v) is 4.28. The number of carbonyl (C=O) groups is 1. The van der Waals surface area contributed by atoms with Gasteiger partial charge in [0.1, 0.15) is 0 Å². The molecule has 0 N–H and O–H groups in total. The molecule has 2 heteroatoms. The standard InChI is InChI=1S/C13H12OS/c1-2-12(14)10-5-3-6-11(9-10)13-7-4-8-15-13/h3-9H,2H2,1H3. The number of hydrogen-bond acceptors (Lipinski definition) is 2. The van der Waals surface area contributed by atoms with Crippen molar-refractivity contribution in [3.63, 3.8) is 0 Å². The van der Waals surface area contributed by atoms with Crippen LogP contribution in [0.4, 0.5) is 0 Å². The predicted molar refractivity (Wildman–Crippen MR) is 64.4 cm³/mol. The third-order valence-corrected chi connectivity index (χ3v) is 3.23. The number of benzene rings is 1. The normalized spacial score (nSPS) is 10.2. The van der Waals surface area contributed by atoms with E-state index >= 15 is 0 Å². The summed E-state index contributed by atoms with van der Waals surface area (Å²) in [7, 11) is 0. The molecule has 1 nitrogen and oxygen atoms in total. The van der Waals surface area contributed by atoms with Crippen LogP contribution in [0.25, 0.3) is 10.4 Å². The Balaban J connectivity index is 2.39. The number of ketones is 1. The lowest BCUT2D eigenvalue weighted by Crippen LogP contribution is -1.95. The Labute approximate surface area is 93.4 Å². The Hall–Kier alpha value is -1.41. The molecule has 1 aromatic carbocycles. The van der Waals surface area contributed by atoms with Crippen molar-refractivity contribution in [3.8, 4) is 10.4 Å². The average molecular weight is 216 g/mol. The molecule has 0 aliphatic rings. The van der Waals surface area contributed by atoms with Crippen molar-refractivity contribution in [3.05, 3.63) is 47.3 Å². The van der Waals surface area contributed by atoms with Gasteiger partial charge in [-0.1, -0.05) is 31.2 Å². The fourth-order valence-electron chi connectivity index (χ4n) is 1.49. The zero-order valence-electron chi connectivity index (χ0n) is 8.57. The minimum Gasteiger partial charge on any atom is -0.294 e. The number of Topliss-reactive ketones (excluding diaryl/α,β-unsaturated/α-hetero) is 1.